The van der Waals surface area contributed by atoms with E-state index in [4.69, 9.17) is 27.6 Å². The Bertz CT molecular complexity index is 608. The number of carbonyl (C=O) groups is 1. The van der Waals surface area contributed by atoms with Gasteiger partial charge in [0.05, 0.1) is 10.1 Å². The Labute approximate surface area is 104 Å². The molecule has 0 aliphatic heterocycles. The van der Waals surface area contributed by atoms with Gasteiger partial charge in [-0.05, 0) is 5.41 Å². The number of ketones is 1. The minimum Gasteiger partial charge on any atom is -0.444 e. The van der Waals surface area contributed by atoms with Gasteiger partial charge in [-0.25, -0.2) is 0 Å². The van der Waals surface area contributed by atoms with Gasteiger partial charge in [-0.15, -0.1) is 0 Å². The summed E-state index contributed by atoms with van der Waals surface area (Å²) in [6.07, 6.45) is 1.02. The number of fused-ring (bicyclic) bond motifs is 1. The van der Waals surface area contributed by atoms with E-state index in [1.807, 2.05) is 19.9 Å². The molecule has 17 heavy (non-hydrogen) atoms. The molecule has 0 bridgehead atoms. The van der Waals surface area contributed by atoms with Crippen LogP contribution in [0.2, 0.25) is 0 Å². The number of rotatable bonds is 0. The molecule has 0 amide bonds. The predicted molar refractivity (Wildman–Crippen MR) is 65.1 cm³/mol. The first kappa shape index (κ1) is 11.8. The lowest BCUT2D eigenvalue weighted by atomic mass is 9.76. The average Bonchev–Trinajstić information content (AvgIpc) is 2.14. The molecule has 1 aromatic heterocycles. The van der Waals surface area contributed by atoms with Crippen molar-refractivity contribution in [2.75, 3.05) is 5.73 Å². The molecule has 2 rings (SSSR count). The summed E-state index contributed by atoms with van der Waals surface area (Å²) in [5, 5.41) is 8.92. The van der Waals surface area contributed by atoms with Crippen molar-refractivity contribution in [3.63, 3.8) is 0 Å². The van der Waals surface area contributed by atoms with Crippen LogP contribution in [0.1, 0.15) is 41.9 Å². The van der Waals surface area contributed by atoms with Gasteiger partial charge in [-0.2, -0.15) is 5.26 Å². The molecule has 0 saturated heterocycles. The maximum atomic E-state index is 12.0. The van der Waals surface area contributed by atoms with Crippen molar-refractivity contribution < 1.29 is 9.21 Å². The van der Waals surface area contributed by atoms with Crippen molar-refractivity contribution in [3.05, 3.63) is 21.4 Å². The zero-order chi connectivity index (χ0) is 12.8. The number of hydrogen-bond donors (Lipinski definition) is 1. The van der Waals surface area contributed by atoms with E-state index in [0.717, 1.165) is 0 Å². The van der Waals surface area contributed by atoms with Gasteiger partial charge in [-0.1, -0.05) is 26.1 Å². The second-order valence-corrected chi connectivity index (χ2v) is 5.43. The second-order valence-electron chi connectivity index (χ2n) is 5.02. The summed E-state index contributed by atoms with van der Waals surface area (Å²) in [5.41, 5.74) is 5.92. The van der Waals surface area contributed by atoms with Crippen LogP contribution in [0.25, 0.3) is 0 Å². The first-order valence-corrected chi connectivity index (χ1v) is 5.65. The molecule has 0 aromatic carbocycles. The van der Waals surface area contributed by atoms with Crippen molar-refractivity contribution in [2.45, 2.75) is 26.7 Å². The van der Waals surface area contributed by atoms with E-state index >= 15 is 0 Å². The number of anilines is 1. The van der Waals surface area contributed by atoms with E-state index in [9.17, 15) is 4.79 Å². The lowest BCUT2D eigenvalue weighted by Crippen LogP contribution is -2.27. The Morgan fingerprint density at radius 1 is 1.47 bits per heavy atom. The van der Waals surface area contributed by atoms with Crippen molar-refractivity contribution in [3.8, 4) is 6.07 Å². The molecule has 0 fully saturated rings. The Morgan fingerprint density at radius 2 is 2.12 bits per heavy atom. The first-order chi connectivity index (χ1) is 7.85. The fourth-order valence-electron chi connectivity index (χ4n) is 2.13. The van der Waals surface area contributed by atoms with Gasteiger partial charge in [0.25, 0.3) is 0 Å². The van der Waals surface area contributed by atoms with Gasteiger partial charge in [0, 0.05) is 12.8 Å². The number of nitriles is 1. The van der Waals surface area contributed by atoms with Gasteiger partial charge in [0.15, 0.2) is 5.78 Å². The Balaban J connectivity index is 2.75. The third kappa shape index (κ3) is 1.85. The third-order valence-electron chi connectivity index (χ3n) is 2.88. The molecule has 0 atom stereocenters. The summed E-state index contributed by atoms with van der Waals surface area (Å²) in [6.45, 7) is 3.97. The Hall–Kier alpha value is -1.67. The Kier molecular flexibility index (Phi) is 2.55. The summed E-state index contributed by atoms with van der Waals surface area (Å²) in [5.74, 6) is 0.441. The van der Waals surface area contributed by atoms with Crippen molar-refractivity contribution in [2.24, 2.45) is 5.41 Å². The topological polar surface area (TPSA) is 80.0 Å². The monoisotopic (exact) mass is 248 g/mol. The van der Waals surface area contributed by atoms with Crippen LogP contribution in [0.4, 0.5) is 5.88 Å². The van der Waals surface area contributed by atoms with E-state index in [-0.39, 0.29) is 27.2 Å². The number of hydrogen-bond acceptors (Lipinski definition) is 5. The fraction of sp³-hybridized carbons (Fsp3) is 0.417. The minimum absolute atomic E-state index is 0.00162. The molecule has 88 valence electrons. The van der Waals surface area contributed by atoms with Crippen molar-refractivity contribution in [1.29, 1.82) is 5.26 Å². The largest absolute Gasteiger partial charge is 0.444 e. The van der Waals surface area contributed by atoms with Crippen LogP contribution >= 0.6 is 12.2 Å². The van der Waals surface area contributed by atoms with Gasteiger partial charge in [-0.3, -0.25) is 4.79 Å². The van der Waals surface area contributed by atoms with Gasteiger partial charge < -0.3 is 10.2 Å². The SMILES string of the molecule is CC1(C)CC(=O)c2c(oc(N)c(C#N)c2=S)C1. The van der Waals surface area contributed by atoms with Crippen LogP contribution in [0.15, 0.2) is 4.42 Å². The highest BCUT2D eigenvalue weighted by Gasteiger charge is 2.34. The molecule has 0 unspecified atom stereocenters. The highest BCUT2D eigenvalue weighted by molar-refractivity contribution is 7.71. The number of Topliss-reactive ketones (excluding diaryl/α,β-unsaturated/α-hetero) is 1. The van der Waals surface area contributed by atoms with Crippen LogP contribution in [-0.2, 0) is 6.42 Å². The molecular weight excluding hydrogens is 236 g/mol. The number of nitrogens with zero attached hydrogens (tertiary/aromatic N) is 1. The predicted octanol–water partition coefficient (Wildman–Crippen LogP) is 2.62. The summed E-state index contributed by atoms with van der Waals surface area (Å²) in [7, 11) is 0. The van der Waals surface area contributed by atoms with Crippen LogP contribution < -0.4 is 5.73 Å². The number of nitrogen functional groups attached to an aromatic ring is 1. The summed E-state index contributed by atoms with van der Waals surface area (Å²) in [4.78, 5) is 12.0. The Morgan fingerprint density at radius 3 is 2.71 bits per heavy atom. The molecule has 4 nitrogen and oxygen atoms in total. The number of carbonyl (C=O) groups excluding carboxylic acids is 1. The van der Waals surface area contributed by atoms with E-state index in [1.54, 1.807) is 0 Å². The zero-order valence-corrected chi connectivity index (χ0v) is 10.5. The van der Waals surface area contributed by atoms with Crippen LogP contribution in [-0.4, -0.2) is 5.78 Å². The van der Waals surface area contributed by atoms with E-state index in [2.05, 4.69) is 0 Å². The molecule has 0 spiro atoms. The second kappa shape index (κ2) is 3.67. The van der Waals surface area contributed by atoms with E-state index < -0.39 is 0 Å². The minimum atomic E-state index is -0.157. The van der Waals surface area contributed by atoms with Crippen molar-refractivity contribution in [1.82, 2.24) is 0 Å². The third-order valence-corrected chi connectivity index (χ3v) is 3.29. The molecule has 1 aromatic rings. The molecule has 1 heterocycles. The van der Waals surface area contributed by atoms with E-state index in [1.165, 1.54) is 0 Å². The molecule has 1 aliphatic rings. The normalized spacial score (nSPS) is 17.4. The molecule has 5 heteroatoms. The van der Waals surface area contributed by atoms with Crippen LogP contribution in [0, 0.1) is 21.3 Å². The van der Waals surface area contributed by atoms with E-state index in [0.29, 0.717) is 24.2 Å². The maximum Gasteiger partial charge on any atom is 0.209 e. The van der Waals surface area contributed by atoms with Crippen LogP contribution in [0.5, 0.6) is 0 Å². The molecule has 0 radical (unpaired) electrons. The highest BCUT2D eigenvalue weighted by Crippen LogP contribution is 2.37. The molecule has 1 aliphatic carbocycles. The maximum absolute atomic E-state index is 12.0. The smallest absolute Gasteiger partial charge is 0.209 e. The molecular formula is C12H12N2O2S. The number of nitrogens with two attached hydrogens (primary N) is 1. The standard InChI is InChI=1S/C12H12N2O2S/c1-12(2)3-7(15)9-8(4-12)16-11(14)6(5-13)10(9)17/h3-4,14H2,1-2H3. The highest BCUT2D eigenvalue weighted by atomic mass is 32.1. The average molecular weight is 248 g/mol. The molecule has 2 N–H and O–H groups in total. The van der Waals surface area contributed by atoms with Crippen molar-refractivity contribution >= 4 is 23.9 Å². The lowest BCUT2D eigenvalue weighted by Gasteiger charge is -2.29. The fourth-order valence-corrected chi connectivity index (χ4v) is 2.50. The zero-order valence-electron chi connectivity index (χ0n) is 9.66. The molecule has 0 saturated carbocycles. The summed E-state index contributed by atoms with van der Waals surface area (Å²) >= 11 is 5.13. The summed E-state index contributed by atoms with van der Waals surface area (Å²) in [6, 6.07) is 1.88. The lowest BCUT2D eigenvalue weighted by molar-refractivity contribution is 0.0899. The van der Waals surface area contributed by atoms with Gasteiger partial charge in [0.2, 0.25) is 5.88 Å². The first-order valence-electron chi connectivity index (χ1n) is 5.24. The quantitative estimate of drug-likeness (QED) is 0.714. The summed E-state index contributed by atoms with van der Waals surface area (Å²) < 4.78 is 5.60. The van der Waals surface area contributed by atoms with Gasteiger partial charge in [0.1, 0.15) is 17.4 Å². The van der Waals surface area contributed by atoms with Crippen LogP contribution in [0.3, 0.4) is 0 Å². The van der Waals surface area contributed by atoms with Gasteiger partial charge >= 0.3 is 0 Å².